The number of aliphatic hydroxyl groups excluding tert-OH is 1. The smallest absolute Gasteiger partial charge is 0.134 e. The van der Waals surface area contributed by atoms with Gasteiger partial charge in [-0.05, 0) is 12.8 Å². The first-order chi connectivity index (χ1) is 8.21. The molecule has 0 saturated heterocycles. The summed E-state index contributed by atoms with van der Waals surface area (Å²) in [4.78, 5) is 10.7. The zero-order valence-electron chi connectivity index (χ0n) is 10.7. The third-order valence-corrected chi connectivity index (χ3v) is 2.44. The van der Waals surface area contributed by atoms with Crippen LogP contribution in [0.15, 0.2) is 6.07 Å². The summed E-state index contributed by atoms with van der Waals surface area (Å²) in [6.07, 6.45) is 2.83. The highest BCUT2D eigenvalue weighted by Gasteiger charge is 2.09. The highest BCUT2D eigenvalue weighted by molar-refractivity contribution is 5.47. The minimum absolute atomic E-state index is 0.118. The molecule has 1 aromatic heterocycles. The van der Waals surface area contributed by atoms with E-state index in [-0.39, 0.29) is 6.61 Å². The molecule has 0 aromatic carbocycles. The molecule has 0 aliphatic heterocycles. The van der Waals surface area contributed by atoms with Gasteiger partial charge in [-0.15, -0.1) is 0 Å². The van der Waals surface area contributed by atoms with E-state index < -0.39 is 0 Å². The lowest BCUT2D eigenvalue weighted by atomic mass is 10.3. The Hall–Kier alpha value is -1.36. The Labute approximate surface area is 103 Å². The Bertz CT molecular complexity index is 337. The van der Waals surface area contributed by atoms with Crippen LogP contribution in [0.25, 0.3) is 0 Å². The standard InChI is InChI=1S/C12H22N4O/c1-3-5-11-14-10(13)9-12(15-11)16(6-4-2)7-8-17/h9,17H,3-8H2,1-2H3,(H2,13,14,15). The highest BCUT2D eigenvalue weighted by atomic mass is 16.3. The van der Waals surface area contributed by atoms with Gasteiger partial charge in [0.15, 0.2) is 0 Å². The molecular formula is C12H22N4O. The topological polar surface area (TPSA) is 75.3 Å². The lowest BCUT2D eigenvalue weighted by molar-refractivity contribution is 0.301. The van der Waals surface area contributed by atoms with E-state index in [0.717, 1.165) is 37.4 Å². The molecular weight excluding hydrogens is 216 g/mol. The van der Waals surface area contributed by atoms with E-state index >= 15 is 0 Å². The quantitative estimate of drug-likeness (QED) is 0.747. The van der Waals surface area contributed by atoms with Crippen molar-refractivity contribution in [1.29, 1.82) is 0 Å². The predicted molar refractivity (Wildman–Crippen MR) is 70.0 cm³/mol. The summed E-state index contributed by atoms with van der Waals surface area (Å²) in [7, 11) is 0. The summed E-state index contributed by atoms with van der Waals surface area (Å²) < 4.78 is 0. The fourth-order valence-corrected chi connectivity index (χ4v) is 1.73. The summed E-state index contributed by atoms with van der Waals surface area (Å²) in [5.41, 5.74) is 5.78. The lowest BCUT2D eigenvalue weighted by Crippen LogP contribution is -2.28. The second kappa shape index (κ2) is 7.06. The lowest BCUT2D eigenvalue weighted by Gasteiger charge is -2.22. The van der Waals surface area contributed by atoms with Gasteiger partial charge in [-0.2, -0.15) is 0 Å². The summed E-state index contributed by atoms with van der Waals surface area (Å²) >= 11 is 0. The summed E-state index contributed by atoms with van der Waals surface area (Å²) in [5, 5.41) is 9.05. The van der Waals surface area contributed by atoms with Crippen molar-refractivity contribution in [2.45, 2.75) is 33.1 Å². The largest absolute Gasteiger partial charge is 0.395 e. The van der Waals surface area contributed by atoms with Crippen LogP contribution in [0.1, 0.15) is 32.5 Å². The van der Waals surface area contributed by atoms with Gasteiger partial charge < -0.3 is 15.7 Å². The molecule has 0 bridgehead atoms. The van der Waals surface area contributed by atoms with E-state index in [0.29, 0.717) is 12.4 Å². The number of hydrogen-bond donors (Lipinski definition) is 2. The Morgan fingerprint density at radius 3 is 2.59 bits per heavy atom. The number of nitrogen functional groups attached to an aromatic ring is 1. The monoisotopic (exact) mass is 238 g/mol. The zero-order chi connectivity index (χ0) is 12.7. The average molecular weight is 238 g/mol. The number of nitrogens with zero attached hydrogens (tertiary/aromatic N) is 3. The minimum atomic E-state index is 0.118. The van der Waals surface area contributed by atoms with E-state index in [1.54, 1.807) is 6.07 Å². The van der Waals surface area contributed by atoms with Crippen LogP contribution in [0.5, 0.6) is 0 Å². The van der Waals surface area contributed by atoms with Gasteiger partial charge in [-0.1, -0.05) is 13.8 Å². The van der Waals surface area contributed by atoms with Crippen molar-refractivity contribution in [2.75, 3.05) is 30.3 Å². The molecule has 1 rings (SSSR count). The molecule has 17 heavy (non-hydrogen) atoms. The highest BCUT2D eigenvalue weighted by Crippen LogP contribution is 2.15. The molecule has 1 aromatic rings. The number of hydrogen-bond acceptors (Lipinski definition) is 5. The predicted octanol–water partition coefficient (Wildman–Crippen LogP) is 1.22. The van der Waals surface area contributed by atoms with Crippen LogP contribution < -0.4 is 10.6 Å². The molecule has 0 amide bonds. The number of aliphatic hydroxyl groups is 1. The van der Waals surface area contributed by atoms with Crippen LogP contribution in [0, 0.1) is 0 Å². The first-order valence-electron chi connectivity index (χ1n) is 6.20. The van der Waals surface area contributed by atoms with Crippen LogP contribution in [0.3, 0.4) is 0 Å². The number of rotatable bonds is 7. The molecule has 0 unspecified atom stereocenters. The Balaban J connectivity index is 2.92. The van der Waals surface area contributed by atoms with Gasteiger partial charge in [0.05, 0.1) is 6.61 Å². The first-order valence-corrected chi connectivity index (χ1v) is 6.20. The summed E-state index contributed by atoms with van der Waals surface area (Å²) in [6, 6.07) is 1.77. The number of aromatic nitrogens is 2. The maximum absolute atomic E-state index is 9.05. The summed E-state index contributed by atoms with van der Waals surface area (Å²) in [6.45, 7) is 5.75. The van der Waals surface area contributed by atoms with Gasteiger partial charge in [-0.25, -0.2) is 9.97 Å². The number of aryl methyl sites for hydroxylation is 1. The van der Waals surface area contributed by atoms with Crippen molar-refractivity contribution in [3.63, 3.8) is 0 Å². The van der Waals surface area contributed by atoms with Crippen molar-refractivity contribution in [2.24, 2.45) is 0 Å². The second-order valence-corrected chi connectivity index (χ2v) is 4.03. The molecule has 0 fully saturated rings. The van der Waals surface area contributed by atoms with Crippen LogP contribution in [-0.2, 0) is 6.42 Å². The zero-order valence-corrected chi connectivity index (χ0v) is 10.7. The number of nitrogens with two attached hydrogens (primary N) is 1. The van der Waals surface area contributed by atoms with Crippen LogP contribution in [0.2, 0.25) is 0 Å². The van der Waals surface area contributed by atoms with E-state index in [4.69, 9.17) is 10.8 Å². The van der Waals surface area contributed by atoms with E-state index in [1.807, 2.05) is 4.90 Å². The molecule has 0 radical (unpaired) electrons. The molecule has 0 saturated carbocycles. The maximum atomic E-state index is 9.05. The molecule has 96 valence electrons. The number of anilines is 2. The fraction of sp³-hybridized carbons (Fsp3) is 0.667. The van der Waals surface area contributed by atoms with Crippen LogP contribution in [0.4, 0.5) is 11.6 Å². The SMILES string of the molecule is CCCc1nc(N)cc(N(CCC)CCO)n1. The molecule has 0 aliphatic rings. The van der Waals surface area contributed by atoms with Crippen molar-refractivity contribution < 1.29 is 5.11 Å². The van der Waals surface area contributed by atoms with Gasteiger partial charge >= 0.3 is 0 Å². The first kappa shape index (κ1) is 13.7. The maximum Gasteiger partial charge on any atom is 0.134 e. The third kappa shape index (κ3) is 4.19. The van der Waals surface area contributed by atoms with Crippen molar-refractivity contribution in [1.82, 2.24) is 9.97 Å². The minimum Gasteiger partial charge on any atom is -0.395 e. The molecule has 5 nitrogen and oxygen atoms in total. The third-order valence-electron chi connectivity index (χ3n) is 2.44. The second-order valence-electron chi connectivity index (χ2n) is 4.03. The van der Waals surface area contributed by atoms with Gasteiger partial charge in [0.1, 0.15) is 17.5 Å². The molecule has 0 spiro atoms. The van der Waals surface area contributed by atoms with E-state index in [9.17, 15) is 0 Å². The van der Waals surface area contributed by atoms with Crippen molar-refractivity contribution in [3.05, 3.63) is 11.9 Å². The normalized spacial score (nSPS) is 10.5. The summed E-state index contributed by atoms with van der Waals surface area (Å²) in [5.74, 6) is 2.09. The molecule has 0 aliphatic carbocycles. The molecule has 1 heterocycles. The van der Waals surface area contributed by atoms with Crippen LogP contribution >= 0.6 is 0 Å². The Morgan fingerprint density at radius 2 is 2.00 bits per heavy atom. The molecule has 5 heteroatoms. The van der Waals surface area contributed by atoms with Gasteiger partial charge in [-0.3, -0.25) is 0 Å². The Kier molecular flexibility index (Phi) is 5.69. The van der Waals surface area contributed by atoms with E-state index in [2.05, 4.69) is 23.8 Å². The van der Waals surface area contributed by atoms with Crippen molar-refractivity contribution in [3.8, 4) is 0 Å². The fourth-order valence-electron chi connectivity index (χ4n) is 1.73. The Morgan fingerprint density at radius 1 is 1.24 bits per heavy atom. The van der Waals surface area contributed by atoms with Gasteiger partial charge in [0.25, 0.3) is 0 Å². The molecule has 0 atom stereocenters. The average Bonchev–Trinajstić information content (AvgIpc) is 2.28. The van der Waals surface area contributed by atoms with Gasteiger partial charge in [0.2, 0.25) is 0 Å². The van der Waals surface area contributed by atoms with Crippen LogP contribution in [-0.4, -0.2) is 34.8 Å². The van der Waals surface area contributed by atoms with Gasteiger partial charge in [0, 0.05) is 25.6 Å². The van der Waals surface area contributed by atoms with Crippen molar-refractivity contribution >= 4 is 11.6 Å². The molecule has 3 N–H and O–H groups in total. The van der Waals surface area contributed by atoms with E-state index in [1.165, 1.54) is 0 Å².